The van der Waals surface area contributed by atoms with E-state index in [4.69, 9.17) is 9.47 Å². The quantitative estimate of drug-likeness (QED) is 0.430. The van der Waals surface area contributed by atoms with Crippen LogP contribution >= 0.6 is 0 Å². The Hall–Kier alpha value is -3.02. The monoisotopic (exact) mass is 397 g/mol. The van der Waals surface area contributed by atoms with Gasteiger partial charge in [0.1, 0.15) is 0 Å². The van der Waals surface area contributed by atoms with Gasteiger partial charge in [-0.3, -0.25) is 4.79 Å². The number of carbonyl (C=O) groups excluding carboxylic acids is 1. The predicted molar refractivity (Wildman–Crippen MR) is 118 cm³/mol. The van der Waals surface area contributed by atoms with Crippen LogP contribution in [0.15, 0.2) is 53.6 Å². The van der Waals surface area contributed by atoms with E-state index in [0.29, 0.717) is 18.1 Å². The minimum Gasteiger partial charge on any atom is -0.490 e. The number of rotatable bonds is 12. The lowest BCUT2D eigenvalue weighted by Crippen LogP contribution is -2.25. The number of hydrogen-bond acceptors (Lipinski definition) is 5. The summed E-state index contributed by atoms with van der Waals surface area (Å²) in [6, 6.07) is 15.4. The molecule has 6 heteroatoms. The van der Waals surface area contributed by atoms with E-state index in [1.807, 2.05) is 31.2 Å². The number of para-hydroxylation sites is 2. The molecule has 0 fully saturated rings. The number of benzene rings is 2. The van der Waals surface area contributed by atoms with Crippen LogP contribution in [0.1, 0.15) is 39.2 Å². The Labute approximate surface area is 173 Å². The van der Waals surface area contributed by atoms with Crippen molar-refractivity contribution in [3.8, 4) is 11.5 Å². The molecule has 0 saturated carbocycles. The van der Waals surface area contributed by atoms with Gasteiger partial charge in [0, 0.05) is 18.8 Å². The molecule has 0 atom stereocenters. The van der Waals surface area contributed by atoms with Gasteiger partial charge >= 0.3 is 0 Å². The van der Waals surface area contributed by atoms with E-state index in [1.165, 1.54) is 5.69 Å². The molecule has 1 N–H and O–H groups in total. The Morgan fingerprint density at radius 2 is 1.59 bits per heavy atom. The Morgan fingerprint density at radius 3 is 2.17 bits per heavy atom. The summed E-state index contributed by atoms with van der Waals surface area (Å²) in [6.07, 6.45) is 3.86. The molecule has 6 nitrogen and oxygen atoms in total. The van der Waals surface area contributed by atoms with Crippen LogP contribution < -0.4 is 19.8 Å². The van der Waals surface area contributed by atoms with E-state index in [0.717, 1.165) is 31.5 Å². The summed E-state index contributed by atoms with van der Waals surface area (Å²) in [5, 5.41) is 4.01. The van der Waals surface area contributed by atoms with Gasteiger partial charge in [-0.25, -0.2) is 5.43 Å². The number of nitrogens with one attached hydrogen (secondary N) is 1. The van der Waals surface area contributed by atoms with Crippen LogP contribution in [-0.4, -0.2) is 38.4 Å². The molecule has 0 aliphatic carbocycles. The highest BCUT2D eigenvalue weighted by Gasteiger charge is 2.07. The van der Waals surface area contributed by atoms with Crippen molar-refractivity contribution in [2.45, 2.75) is 33.6 Å². The van der Waals surface area contributed by atoms with Crippen LogP contribution in [0.4, 0.5) is 5.69 Å². The van der Waals surface area contributed by atoms with Gasteiger partial charge in [0.25, 0.3) is 5.91 Å². The zero-order valence-electron chi connectivity index (χ0n) is 17.6. The van der Waals surface area contributed by atoms with Crippen molar-refractivity contribution in [2.24, 2.45) is 5.10 Å². The first-order chi connectivity index (χ1) is 14.2. The van der Waals surface area contributed by atoms with Crippen LogP contribution in [0.2, 0.25) is 0 Å². The Kier molecular flexibility index (Phi) is 9.55. The number of carbonyl (C=O) groups is 1. The zero-order chi connectivity index (χ0) is 20.9. The van der Waals surface area contributed by atoms with E-state index in [2.05, 4.69) is 41.4 Å². The van der Waals surface area contributed by atoms with Crippen LogP contribution in [0, 0.1) is 0 Å². The fourth-order valence-corrected chi connectivity index (χ4v) is 2.88. The molecule has 0 aliphatic heterocycles. The first kappa shape index (κ1) is 22.3. The summed E-state index contributed by atoms with van der Waals surface area (Å²) >= 11 is 0. The van der Waals surface area contributed by atoms with Crippen molar-refractivity contribution >= 4 is 17.8 Å². The maximum Gasteiger partial charge on any atom is 0.277 e. The van der Waals surface area contributed by atoms with E-state index in [1.54, 1.807) is 18.3 Å². The average Bonchev–Trinajstić information content (AvgIpc) is 2.74. The topological polar surface area (TPSA) is 63.2 Å². The van der Waals surface area contributed by atoms with Crippen molar-refractivity contribution in [3.05, 3.63) is 54.1 Å². The summed E-state index contributed by atoms with van der Waals surface area (Å²) in [5.74, 6) is 0.820. The van der Waals surface area contributed by atoms with Crippen LogP contribution in [-0.2, 0) is 4.79 Å². The van der Waals surface area contributed by atoms with Gasteiger partial charge in [0.2, 0.25) is 0 Å². The number of nitrogens with zero attached hydrogens (tertiary/aromatic N) is 2. The number of anilines is 1. The van der Waals surface area contributed by atoms with Gasteiger partial charge < -0.3 is 14.4 Å². The number of hydrogen-bond donors (Lipinski definition) is 1. The van der Waals surface area contributed by atoms with Gasteiger partial charge in [-0.05, 0) is 49.6 Å². The van der Waals surface area contributed by atoms with Gasteiger partial charge in [-0.2, -0.15) is 5.10 Å². The molecule has 0 saturated heterocycles. The van der Waals surface area contributed by atoms with E-state index < -0.39 is 0 Å². The minimum atomic E-state index is -0.332. The molecule has 2 rings (SSSR count). The van der Waals surface area contributed by atoms with Gasteiger partial charge in [0.15, 0.2) is 18.1 Å². The summed E-state index contributed by atoms with van der Waals surface area (Å²) < 4.78 is 11.0. The highest BCUT2D eigenvalue weighted by molar-refractivity contribution is 5.83. The molecule has 156 valence electrons. The number of ether oxygens (including phenoxy) is 2. The lowest BCUT2D eigenvalue weighted by atomic mass is 10.2. The fourth-order valence-electron chi connectivity index (χ4n) is 2.88. The fraction of sp³-hybridized carbons (Fsp3) is 0.391. The third kappa shape index (κ3) is 7.49. The standard InChI is InChI=1S/C23H31N3O3/c1-4-15-26(16-5-2)20-13-11-19(12-14-20)17-24-25-23(27)18-29-22-10-8-7-9-21(22)28-6-3/h7-14,17H,4-6,15-16,18H2,1-3H3,(H,25,27)/b24-17+. The van der Waals surface area contributed by atoms with Crippen molar-refractivity contribution in [3.63, 3.8) is 0 Å². The maximum absolute atomic E-state index is 12.0. The van der Waals surface area contributed by atoms with Gasteiger partial charge in [-0.1, -0.05) is 38.1 Å². The molecule has 0 aliphatic rings. The maximum atomic E-state index is 12.0. The predicted octanol–water partition coefficient (Wildman–Crippen LogP) is 4.24. The third-order valence-corrected chi connectivity index (χ3v) is 4.16. The summed E-state index contributed by atoms with van der Waals surface area (Å²) in [6.45, 7) is 8.76. The Bertz CT molecular complexity index is 769. The van der Waals surface area contributed by atoms with Crippen LogP contribution in [0.3, 0.4) is 0 Å². The molecule has 0 aromatic heterocycles. The molecule has 29 heavy (non-hydrogen) atoms. The largest absolute Gasteiger partial charge is 0.490 e. The SMILES string of the molecule is CCCN(CCC)c1ccc(/C=N/NC(=O)COc2ccccc2OCC)cc1. The smallest absolute Gasteiger partial charge is 0.277 e. The number of hydrazone groups is 1. The zero-order valence-corrected chi connectivity index (χ0v) is 17.6. The van der Waals surface area contributed by atoms with E-state index >= 15 is 0 Å². The van der Waals surface area contributed by atoms with Crippen molar-refractivity contribution in [1.29, 1.82) is 0 Å². The van der Waals surface area contributed by atoms with E-state index in [9.17, 15) is 4.79 Å². The average molecular weight is 398 g/mol. The summed E-state index contributed by atoms with van der Waals surface area (Å²) in [7, 11) is 0. The van der Waals surface area contributed by atoms with Gasteiger partial charge in [-0.15, -0.1) is 0 Å². The van der Waals surface area contributed by atoms with Gasteiger partial charge in [0.05, 0.1) is 12.8 Å². The van der Waals surface area contributed by atoms with Crippen LogP contribution in [0.5, 0.6) is 11.5 Å². The molecular formula is C23H31N3O3. The summed E-state index contributed by atoms with van der Waals surface area (Å²) in [5.41, 5.74) is 4.61. The Morgan fingerprint density at radius 1 is 0.966 bits per heavy atom. The van der Waals surface area contributed by atoms with Crippen molar-refractivity contribution in [2.75, 3.05) is 31.2 Å². The molecule has 0 heterocycles. The first-order valence-corrected chi connectivity index (χ1v) is 10.2. The lowest BCUT2D eigenvalue weighted by Gasteiger charge is -2.23. The highest BCUT2D eigenvalue weighted by Crippen LogP contribution is 2.26. The van der Waals surface area contributed by atoms with E-state index in [-0.39, 0.29) is 12.5 Å². The first-order valence-electron chi connectivity index (χ1n) is 10.2. The lowest BCUT2D eigenvalue weighted by molar-refractivity contribution is -0.123. The van der Waals surface area contributed by atoms with Crippen molar-refractivity contribution < 1.29 is 14.3 Å². The van der Waals surface area contributed by atoms with Crippen LogP contribution in [0.25, 0.3) is 0 Å². The molecule has 0 bridgehead atoms. The molecular weight excluding hydrogens is 366 g/mol. The summed E-state index contributed by atoms with van der Waals surface area (Å²) in [4.78, 5) is 14.3. The molecule has 0 unspecified atom stereocenters. The highest BCUT2D eigenvalue weighted by atomic mass is 16.5. The molecule has 2 aromatic rings. The van der Waals surface area contributed by atoms with Crippen molar-refractivity contribution in [1.82, 2.24) is 5.43 Å². The second kappa shape index (κ2) is 12.4. The minimum absolute atomic E-state index is 0.136. The molecule has 0 spiro atoms. The second-order valence-corrected chi connectivity index (χ2v) is 6.54. The normalized spacial score (nSPS) is 10.7. The molecule has 0 radical (unpaired) electrons. The Balaban J connectivity index is 1.84. The molecule has 1 amide bonds. The third-order valence-electron chi connectivity index (χ3n) is 4.16. The number of amides is 1. The second-order valence-electron chi connectivity index (χ2n) is 6.54. The molecule has 2 aromatic carbocycles.